The van der Waals surface area contributed by atoms with Gasteiger partial charge in [0.15, 0.2) is 0 Å². The standard InChI is InChI=1S/C23H15BrN2O3/c24-15-10-12-16(13-11-15)25-19(14-6-2-1-3-7-14)20(23(25)29)26-21(27)17-8-4-5-9-18(17)22(26)28/h1-13,19-20H/t19-,20+/m0/s1. The van der Waals surface area contributed by atoms with Crippen molar-refractivity contribution in [2.75, 3.05) is 4.90 Å². The first kappa shape index (κ1) is 17.8. The number of carbonyl (C=O) groups excluding carboxylic acids is 3. The summed E-state index contributed by atoms with van der Waals surface area (Å²) in [7, 11) is 0. The molecule has 5 rings (SSSR count). The normalized spacial score (nSPS) is 20.7. The summed E-state index contributed by atoms with van der Waals surface area (Å²) in [4.78, 5) is 42.0. The topological polar surface area (TPSA) is 57.7 Å². The van der Waals surface area contributed by atoms with E-state index in [-0.39, 0.29) is 5.91 Å². The van der Waals surface area contributed by atoms with E-state index < -0.39 is 23.9 Å². The molecular formula is C23H15BrN2O3. The van der Waals surface area contributed by atoms with E-state index in [0.29, 0.717) is 11.1 Å². The van der Waals surface area contributed by atoms with Crippen molar-refractivity contribution in [3.05, 3.63) is 100 Å². The Balaban J connectivity index is 1.58. The highest BCUT2D eigenvalue weighted by molar-refractivity contribution is 9.10. The minimum absolute atomic E-state index is 0.268. The molecule has 1 fully saturated rings. The van der Waals surface area contributed by atoms with Crippen LogP contribution in [-0.4, -0.2) is 28.7 Å². The number of anilines is 1. The number of amides is 3. The smallest absolute Gasteiger partial charge is 0.262 e. The maximum absolute atomic E-state index is 13.2. The molecule has 2 atom stereocenters. The van der Waals surface area contributed by atoms with Crippen LogP contribution < -0.4 is 4.90 Å². The van der Waals surface area contributed by atoms with Gasteiger partial charge in [0.05, 0.1) is 17.2 Å². The highest BCUT2D eigenvalue weighted by Gasteiger charge is 2.57. The number of rotatable bonds is 3. The summed E-state index contributed by atoms with van der Waals surface area (Å²) in [5.74, 6) is -1.10. The molecule has 2 heterocycles. The van der Waals surface area contributed by atoms with Crippen LogP contribution >= 0.6 is 15.9 Å². The zero-order valence-corrected chi connectivity index (χ0v) is 16.7. The Bertz CT molecular complexity index is 1110. The molecule has 0 aromatic heterocycles. The van der Waals surface area contributed by atoms with Crippen LogP contribution in [0, 0.1) is 0 Å². The van der Waals surface area contributed by atoms with Crippen LogP contribution in [0.3, 0.4) is 0 Å². The molecule has 0 aliphatic carbocycles. The molecule has 6 heteroatoms. The minimum atomic E-state index is -0.867. The fraction of sp³-hybridized carbons (Fsp3) is 0.0870. The third-order valence-corrected chi connectivity index (χ3v) is 5.95. The summed E-state index contributed by atoms with van der Waals surface area (Å²) in [5.41, 5.74) is 2.29. The highest BCUT2D eigenvalue weighted by Crippen LogP contribution is 2.44. The molecule has 2 aliphatic heterocycles. The Morgan fingerprint density at radius 3 is 1.76 bits per heavy atom. The van der Waals surface area contributed by atoms with Gasteiger partial charge >= 0.3 is 0 Å². The number of benzene rings is 3. The van der Waals surface area contributed by atoms with Gasteiger partial charge in [0.2, 0.25) is 0 Å². The van der Waals surface area contributed by atoms with Crippen molar-refractivity contribution < 1.29 is 14.4 Å². The van der Waals surface area contributed by atoms with Crippen LogP contribution in [0.25, 0.3) is 0 Å². The van der Waals surface area contributed by atoms with E-state index in [1.165, 1.54) is 0 Å². The van der Waals surface area contributed by atoms with Gasteiger partial charge in [-0.1, -0.05) is 58.4 Å². The number of carbonyl (C=O) groups is 3. The summed E-state index contributed by atoms with van der Waals surface area (Å²) < 4.78 is 0.905. The summed E-state index contributed by atoms with van der Waals surface area (Å²) in [6, 6.07) is 22.3. The second-order valence-electron chi connectivity index (χ2n) is 7.01. The monoisotopic (exact) mass is 446 g/mol. The van der Waals surface area contributed by atoms with E-state index in [2.05, 4.69) is 15.9 Å². The lowest BCUT2D eigenvalue weighted by molar-refractivity contribution is -0.130. The Kier molecular flexibility index (Phi) is 4.10. The van der Waals surface area contributed by atoms with Crippen LogP contribution in [-0.2, 0) is 4.79 Å². The van der Waals surface area contributed by atoms with Crippen molar-refractivity contribution >= 4 is 39.3 Å². The van der Waals surface area contributed by atoms with Gasteiger partial charge < -0.3 is 4.90 Å². The average molecular weight is 447 g/mol. The van der Waals surface area contributed by atoms with Crippen molar-refractivity contribution in [2.24, 2.45) is 0 Å². The SMILES string of the molecule is O=C1c2ccccc2C(=O)N1[C@H]1C(=O)N(c2ccc(Br)cc2)[C@H]1c1ccccc1. The van der Waals surface area contributed by atoms with Gasteiger partial charge in [-0.3, -0.25) is 19.3 Å². The van der Waals surface area contributed by atoms with Crippen molar-refractivity contribution in [2.45, 2.75) is 12.1 Å². The van der Waals surface area contributed by atoms with Crippen molar-refractivity contribution in [3.8, 4) is 0 Å². The molecule has 0 spiro atoms. The summed E-state index contributed by atoms with van der Waals surface area (Å²) in [6.45, 7) is 0. The molecule has 0 unspecified atom stereocenters. The van der Waals surface area contributed by atoms with Crippen molar-refractivity contribution in [3.63, 3.8) is 0 Å². The Morgan fingerprint density at radius 2 is 1.17 bits per heavy atom. The third kappa shape index (κ3) is 2.63. The molecule has 1 saturated heterocycles. The number of nitrogens with zero attached hydrogens (tertiary/aromatic N) is 2. The first-order valence-electron chi connectivity index (χ1n) is 9.18. The largest absolute Gasteiger partial charge is 0.300 e. The first-order valence-corrected chi connectivity index (χ1v) is 9.98. The number of hydrogen-bond acceptors (Lipinski definition) is 3. The first-order chi connectivity index (χ1) is 14.1. The highest BCUT2D eigenvalue weighted by atomic mass is 79.9. The molecule has 0 radical (unpaired) electrons. The second kappa shape index (κ2) is 6.67. The van der Waals surface area contributed by atoms with E-state index in [1.807, 2.05) is 54.6 Å². The van der Waals surface area contributed by atoms with Crippen LogP contribution in [0.2, 0.25) is 0 Å². The molecule has 0 N–H and O–H groups in total. The van der Waals surface area contributed by atoms with E-state index in [4.69, 9.17) is 0 Å². The fourth-order valence-corrected chi connectivity index (χ4v) is 4.32. The molecule has 3 aromatic rings. The predicted molar refractivity (Wildman–Crippen MR) is 112 cm³/mol. The fourth-order valence-electron chi connectivity index (χ4n) is 4.06. The molecular weight excluding hydrogens is 432 g/mol. The second-order valence-corrected chi connectivity index (χ2v) is 7.93. The summed E-state index contributed by atoms with van der Waals surface area (Å²) in [5, 5.41) is 0. The van der Waals surface area contributed by atoms with Gasteiger partial charge in [0.1, 0.15) is 6.04 Å². The summed E-state index contributed by atoms with van der Waals surface area (Å²) in [6.07, 6.45) is 0. The number of halogens is 1. The van der Waals surface area contributed by atoms with E-state index in [9.17, 15) is 14.4 Å². The number of β-lactam (4-membered cyclic amide) rings is 1. The average Bonchev–Trinajstić information content (AvgIpc) is 2.99. The Morgan fingerprint density at radius 1 is 0.621 bits per heavy atom. The Hall–Kier alpha value is -3.25. The number of imide groups is 1. The molecule has 0 bridgehead atoms. The molecule has 2 aliphatic rings. The van der Waals surface area contributed by atoms with Crippen LogP contribution in [0.5, 0.6) is 0 Å². The van der Waals surface area contributed by atoms with Gasteiger partial charge in [-0.15, -0.1) is 0 Å². The number of hydrogen-bond donors (Lipinski definition) is 0. The van der Waals surface area contributed by atoms with Crippen molar-refractivity contribution in [1.29, 1.82) is 0 Å². The molecule has 29 heavy (non-hydrogen) atoms. The van der Waals surface area contributed by atoms with Crippen LogP contribution in [0.15, 0.2) is 83.3 Å². The van der Waals surface area contributed by atoms with Gasteiger partial charge in [-0.05, 0) is 42.0 Å². The van der Waals surface area contributed by atoms with E-state index in [1.54, 1.807) is 29.2 Å². The minimum Gasteiger partial charge on any atom is -0.300 e. The van der Waals surface area contributed by atoms with Crippen LogP contribution in [0.1, 0.15) is 32.3 Å². The van der Waals surface area contributed by atoms with Crippen LogP contribution in [0.4, 0.5) is 5.69 Å². The lowest BCUT2D eigenvalue weighted by Gasteiger charge is -2.49. The zero-order chi connectivity index (χ0) is 20.1. The quantitative estimate of drug-likeness (QED) is 0.447. The zero-order valence-electron chi connectivity index (χ0n) is 15.2. The molecule has 5 nitrogen and oxygen atoms in total. The molecule has 142 valence electrons. The molecule has 3 amide bonds. The van der Waals surface area contributed by atoms with E-state index in [0.717, 1.165) is 20.6 Å². The van der Waals surface area contributed by atoms with Gasteiger partial charge in [0.25, 0.3) is 17.7 Å². The lowest BCUT2D eigenvalue weighted by atomic mass is 9.86. The maximum Gasteiger partial charge on any atom is 0.262 e. The number of fused-ring (bicyclic) bond motifs is 1. The van der Waals surface area contributed by atoms with E-state index >= 15 is 0 Å². The lowest BCUT2D eigenvalue weighted by Crippen LogP contribution is -2.67. The molecule has 3 aromatic carbocycles. The van der Waals surface area contributed by atoms with Gasteiger partial charge in [0, 0.05) is 10.2 Å². The Labute approximate surface area is 175 Å². The predicted octanol–water partition coefficient (Wildman–Crippen LogP) is 4.20. The maximum atomic E-state index is 13.2. The van der Waals surface area contributed by atoms with Crippen molar-refractivity contribution in [1.82, 2.24) is 4.90 Å². The van der Waals surface area contributed by atoms with Gasteiger partial charge in [-0.2, -0.15) is 0 Å². The van der Waals surface area contributed by atoms with Gasteiger partial charge in [-0.25, -0.2) is 0 Å². The molecule has 0 saturated carbocycles. The third-order valence-electron chi connectivity index (χ3n) is 5.42. The summed E-state index contributed by atoms with van der Waals surface area (Å²) >= 11 is 3.41.